The Labute approximate surface area is 92.3 Å². The summed E-state index contributed by atoms with van der Waals surface area (Å²) in [4.78, 5) is 25.5. The van der Waals surface area contributed by atoms with E-state index in [4.69, 9.17) is 0 Å². The van der Waals surface area contributed by atoms with E-state index in [1.807, 2.05) is 0 Å². The summed E-state index contributed by atoms with van der Waals surface area (Å²) in [6.45, 7) is 2.18. The Morgan fingerprint density at radius 1 is 1.25 bits per heavy atom. The van der Waals surface area contributed by atoms with Gasteiger partial charge in [0.25, 0.3) is 0 Å². The predicted octanol–water partition coefficient (Wildman–Crippen LogP) is 1.61. The smallest absolute Gasteiger partial charge is 0.292 e. The highest BCUT2D eigenvalue weighted by atomic mass is 19.1. The molecule has 0 radical (unpaired) electrons. The van der Waals surface area contributed by atoms with Crippen LogP contribution in [-0.4, -0.2) is 29.9 Å². The van der Waals surface area contributed by atoms with Gasteiger partial charge in [-0.05, 0) is 24.3 Å². The van der Waals surface area contributed by atoms with Crippen molar-refractivity contribution in [2.75, 3.05) is 18.0 Å². The van der Waals surface area contributed by atoms with Crippen molar-refractivity contribution in [1.29, 1.82) is 0 Å². The fourth-order valence-electron chi connectivity index (χ4n) is 1.69. The summed E-state index contributed by atoms with van der Waals surface area (Å²) in [7, 11) is 0. The van der Waals surface area contributed by atoms with E-state index in [1.54, 1.807) is 0 Å². The normalized spacial score (nSPS) is 15.8. The largest absolute Gasteiger partial charge is 0.331 e. The maximum absolute atomic E-state index is 12.7. The summed E-state index contributed by atoms with van der Waals surface area (Å²) in [5.41, 5.74) is 0.607. The third-order valence-corrected chi connectivity index (χ3v) is 2.53. The van der Waals surface area contributed by atoms with Crippen LogP contribution in [0.5, 0.6) is 0 Å². The molecule has 0 aromatic heterocycles. The number of amides is 3. The van der Waals surface area contributed by atoms with Crippen molar-refractivity contribution >= 4 is 17.6 Å². The van der Waals surface area contributed by atoms with E-state index in [2.05, 4.69) is 0 Å². The molecule has 1 saturated heterocycles. The average Bonchev–Trinajstić information content (AvgIpc) is 2.61. The van der Waals surface area contributed by atoms with E-state index in [9.17, 15) is 14.0 Å². The Hall–Kier alpha value is -1.91. The van der Waals surface area contributed by atoms with Crippen LogP contribution < -0.4 is 4.90 Å². The molecule has 1 fully saturated rings. The van der Waals surface area contributed by atoms with Crippen molar-refractivity contribution in [3.8, 4) is 0 Å². The molecule has 1 heterocycles. The molecule has 0 spiro atoms. The van der Waals surface area contributed by atoms with Gasteiger partial charge in [-0.1, -0.05) is 0 Å². The number of urea groups is 1. The Bertz CT molecular complexity index is 430. The minimum absolute atomic E-state index is 0.269. The molecule has 0 unspecified atom stereocenters. The van der Waals surface area contributed by atoms with Crippen LogP contribution in [0.15, 0.2) is 24.3 Å². The standard InChI is InChI=1S/C11H11FN2O2/c1-8(15)13-6-7-14(11(13)16)10-4-2-9(12)3-5-10/h2-5H,6-7H2,1H3. The van der Waals surface area contributed by atoms with Gasteiger partial charge in [0.15, 0.2) is 0 Å². The molecular formula is C11H11FN2O2. The number of hydrogen-bond acceptors (Lipinski definition) is 2. The first-order valence-corrected chi connectivity index (χ1v) is 4.95. The van der Waals surface area contributed by atoms with E-state index < -0.39 is 0 Å². The number of hydrogen-bond donors (Lipinski definition) is 0. The van der Waals surface area contributed by atoms with Gasteiger partial charge >= 0.3 is 6.03 Å². The first-order chi connectivity index (χ1) is 7.59. The molecule has 16 heavy (non-hydrogen) atoms. The van der Waals surface area contributed by atoms with Gasteiger partial charge < -0.3 is 0 Å². The maximum Gasteiger partial charge on any atom is 0.331 e. The highest BCUT2D eigenvalue weighted by molar-refractivity contribution is 6.04. The molecule has 1 aromatic rings. The third-order valence-electron chi connectivity index (χ3n) is 2.53. The monoisotopic (exact) mass is 222 g/mol. The number of anilines is 1. The van der Waals surface area contributed by atoms with E-state index in [-0.39, 0.29) is 17.8 Å². The number of nitrogens with zero attached hydrogens (tertiary/aromatic N) is 2. The van der Waals surface area contributed by atoms with E-state index >= 15 is 0 Å². The zero-order valence-corrected chi connectivity index (χ0v) is 8.81. The fourth-order valence-corrected chi connectivity index (χ4v) is 1.69. The van der Waals surface area contributed by atoms with Gasteiger partial charge in [-0.3, -0.25) is 14.6 Å². The van der Waals surface area contributed by atoms with Crippen molar-refractivity contribution in [1.82, 2.24) is 4.90 Å². The number of rotatable bonds is 1. The van der Waals surface area contributed by atoms with Crippen LogP contribution in [0.3, 0.4) is 0 Å². The van der Waals surface area contributed by atoms with Crippen molar-refractivity contribution in [3.05, 3.63) is 30.1 Å². The van der Waals surface area contributed by atoms with Crippen molar-refractivity contribution in [3.63, 3.8) is 0 Å². The number of carbonyl (C=O) groups excluding carboxylic acids is 2. The minimum Gasteiger partial charge on any atom is -0.292 e. The van der Waals surface area contributed by atoms with Gasteiger partial charge in [0, 0.05) is 25.7 Å². The third kappa shape index (κ3) is 1.76. The molecule has 84 valence electrons. The second-order valence-electron chi connectivity index (χ2n) is 3.58. The van der Waals surface area contributed by atoms with E-state index in [1.165, 1.54) is 41.0 Å². The Morgan fingerprint density at radius 3 is 2.38 bits per heavy atom. The number of halogens is 1. The lowest BCUT2D eigenvalue weighted by atomic mass is 10.3. The number of imide groups is 1. The van der Waals surface area contributed by atoms with Crippen molar-refractivity contribution < 1.29 is 14.0 Å². The van der Waals surface area contributed by atoms with Gasteiger partial charge in [-0.2, -0.15) is 0 Å². The minimum atomic E-state index is -0.348. The Balaban J connectivity index is 2.21. The summed E-state index contributed by atoms with van der Waals surface area (Å²) in [6.07, 6.45) is 0. The summed E-state index contributed by atoms with van der Waals surface area (Å²) in [6, 6.07) is 5.28. The average molecular weight is 222 g/mol. The highest BCUT2D eigenvalue weighted by Gasteiger charge is 2.31. The zero-order valence-electron chi connectivity index (χ0n) is 8.81. The molecule has 1 aliphatic heterocycles. The summed E-state index contributed by atoms with van der Waals surface area (Å²) < 4.78 is 12.7. The lowest BCUT2D eigenvalue weighted by molar-refractivity contribution is -0.125. The number of carbonyl (C=O) groups is 2. The molecule has 1 aliphatic rings. The molecule has 0 saturated carbocycles. The molecule has 4 nitrogen and oxygen atoms in total. The van der Waals surface area contributed by atoms with Crippen LogP contribution in [0, 0.1) is 5.82 Å². The molecule has 0 bridgehead atoms. The molecule has 3 amide bonds. The van der Waals surface area contributed by atoms with Crippen LogP contribution in [0.4, 0.5) is 14.9 Å². The van der Waals surface area contributed by atoms with Crippen LogP contribution in [0.1, 0.15) is 6.92 Å². The molecular weight excluding hydrogens is 211 g/mol. The van der Waals surface area contributed by atoms with Crippen molar-refractivity contribution in [2.45, 2.75) is 6.92 Å². The molecule has 1 aromatic carbocycles. The highest BCUT2D eigenvalue weighted by Crippen LogP contribution is 2.20. The van der Waals surface area contributed by atoms with Gasteiger partial charge in [0.1, 0.15) is 5.82 Å². The SMILES string of the molecule is CC(=O)N1CCN(c2ccc(F)cc2)C1=O. The second-order valence-corrected chi connectivity index (χ2v) is 3.58. The molecule has 0 aliphatic carbocycles. The molecule has 0 atom stereocenters. The van der Waals surface area contributed by atoms with Crippen LogP contribution in [0.25, 0.3) is 0 Å². The Kier molecular flexibility index (Phi) is 2.60. The van der Waals surface area contributed by atoms with Gasteiger partial charge in [0.2, 0.25) is 5.91 Å². The quantitative estimate of drug-likeness (QED) is 0.724. The lowest BCUT2D eigenvalue weighted by Crippen LogP contribution is -2.34. The summed E-state index contributed by atoms with van der Waals surface area (Å²) in [5.74, 6) is -0.617. The molecule has 2 rings (SSSR count). The summed E-state index contributed by atoms with van der Waals surface area (Å²) >= 11 is 0. The maximum atomic E-state index is 12.7. The van der Waals surface area contributed by atoms with Crippen LogP contribution in [0.2, 0.25) is 0 Å². The predicted molar refractivity (Wildman–Crippen MR) is 56.5 cm³/mol. The lowest BCUT2D eigenvalue weighted by Gasteiger charge is -2.16. The van der Waals surface area contributed by atoms with Crippen LogP contribution in [-0.2, 0) is 4.79 Å². The number of benzene rings is 1. The first kappa shape index (κ1) is 10.6. The zero-order chi connectivity index (χ0) is 11.7. The summed E-state index contributed by atoms with van der Waals surface area (Å²) in [5, 5.41) is 0. The topological polar surface area (TPSA) is 40.6 Å². The van der Waals surface area contributed by atoms with Gasteiger partial charge in [0.05, 0.1) is 0 Å². The van der Waals surface area contributed by atoms with E-state index in [0.29, 0.717) is 18.8 Å². The first-order valence-electron chi connectivity index (χ1n) is 4.95. The van der Waals surface area contributed by atoms with Crippen molar-refractivity contribution in [2.24, 2.45) is 0 Å². The molecule has 0 N–H and O–H groups in total. The van der Waals surface area contributed by atoms with Crippen LogP contribution >= 0.6 is 0 Å². The van der Waals surface area contributed by atoms with Gasteiger partial charge in [-0.25, -0.2) is 9.18 Å². The van der Waals surface area contributed by atoms with E-state index in [0.717, 1.165) is 0 Å². The second kappa shape index (κ2) is 3.92. The fraction of sp³-hybridized carbons (Fsp3) is 0.273. The van der Waals surface area contributed by atoms with Gasteiger partial charge in [-0.15, -0.1) is 0 Å². The molecule has 5 heteroatoms. The Morgan fingerprint density at radius 2 is 1.88 bits per heavy atom.